The Bertz CT molecular complexity index is 1000. The number of benzene rings is 3. The van der Waals surface area contributed by atoms with Crippen molar-refractivity contribution < 1.29 is 23.8 Å². The highest BCUT2D eigenvalue weighted by molar-refractivity contribution is 9.10. The lowest BCUT2D eigenvalue weighted by molar-refractivity contribution is 0.0526. The zero-order valence-corrected chi connectivity index (χ0v) is 18.1. The van der Waals surface area contributed by atoms with Crippen molar-refractivity contribution in [2.24, 2.45) is 0 Å². The SMILES string of the molecule is CCOC(=O)c1ccc(OC(=O)c2ccc(OCCc3ccccc3)cc2)c(Br)c1. The smallest absolute Gasteiger partial charge is 0.343 e. The molecule has 0 N–H and O–H groups in total. The molecule has 0 fully saturated rings. The minimum Gasteiger partial charge on any atom is -0.493 e. The summed E-state index contributed by atoms with van der Waals surface area (Å²) in [6.45, 7) is 2.58. The van der Waals surface area contributed by atoms with Gasteiger partial charge in [-0.25, -0.2) is 9.59 Å². The Morgan fingerprint density at radius 3 is 2.23 bits per heavy atom. The second-order valence-electron chi connectivity index (χ2n) is 6.36. The maximum Gasteiger partial charge on any atom is 0.343 e. The van der Waals surface area contributed by atoms with Crippen LogP contribution in [0.15, 0.2) is 77.3 Å². The summed E-state index contributed by atoms with van der Waals surface area (Å²) >= 11 is 3.32. The molecule has 0 aromatic heterocycles. The summed E-state index contributed by atoms with van der Waals surface area (Å²) in [6.07, 6.45) is 0.806. The summed E-state index contributed by atoms with van der Waals surface area (Å²) in [7, 11) is 0. The number of hydrogen-bond acceptors (Lipinski definition) is 5. The van der Waals surface area contributed by atoms with Crippen LogP contribution in [0, 0.1) is 0 Å². The molecule has 0 spiro atoms. The van der Waals surface area contributed by atoms with E-state index in [-0.39, 0.29) is 0 Å². The van der Waals surface area contributed by atoms with Crippen LogP contribution in [-0.4, -0.2) is 25.2 Å². The zero-order valence-electron chi connectivity index (χ0n) is 16.5. The average molecular weight is 469 g/mol. The van der Waals surface area contributed by atoms with E-state index < -0.39 is 11.9 Å². The quantitative estimate of drug-likeness (QED) is 0.324. The predicted octanol–water partition coefficient (Wildman–Crippen LogP) is 5.47. The fraction of sp³-hybridized carbons (Fsp3) is 0.167. The second-order valence-corrected chi connectivity index (χ2v) is 7.22. The molecule has 5 nitrogen and oxygen atoms in total. The van der Waals surface area contributed by atoms with Gasteiger partial charge >= 0.3 is 11.9 Å². The Kier molecular flexibility index (Phi) is 7.63. The highest BCUT2D eigenvalue weighted by Gasteiger charge is 2.14. The first-order valence-electron chi connectivity index (χ1n) is 9.52. The molecule has 3 aromatic rings. The van der Waals surface area contributed by atoms with Crippen molar-refractivity contribution in [3.8, 4) is 11.5 Å². The first kappa shape index (κ1) is 21.6. The molecule has 0 saturated carbocycles. The minimum absolute atomic E-state index is 0.291. The summed E-state index contributed by atoms with van der Waals surface area (Å²) < 4.78 is 16.6. The zero-order chi connectivity index (χ0) is 21.3. The number of ether oxygens (including phenoxy) is 3. The van der Waals surface area contributed by atoms with Gasteiger partial charge in [0.25, 0.3) is 0 Å². The van der Waals surface area contributed by atoms with Crippen LogP contribution in [0.3, 0.4) is 0 Å². The fourth-order valence-electron chi connectivity index (χ4n) is 2.70. The highest BCUT2D eigenvalue weighted by atomic mass is 79.9. The van der Waals surface area contributed by atoms with E-state index in [0.717, 1.165) is 6.42 Å². The molecule has 0 unspecified atom stereocenters. The van der Waals surface area contributed by atoms with Gasteiger partial charge in [0, 0.05) is 6.42 Å². The lowest BCUT2D eigenvalue weighted by Crippen LogP contribution is -2.10. The van der Waals surface area contributed by atoms with E-state index in [9.17, 15) is 9.59 Å². The van der Waals surface area contributed by atoms with Crippen molar-refractivity contribution in [3.05, 3.63) is 94.0 Å². The Balaban J connectivity index is 1.56. The van der Waals surface area contributed by atoms with E-state index >= 15 is 0 Å². The third-order valence-corrected chi connectivity index (χ3v) is 4.86. The predicted molar refractivity (Wildman–Crippen MR) is 117 cm³/mol. The highest BCUT2D eigenvalue weighted by Crippen LogP contribution is 2.27. The van der Waals surface area contributed by atoms with E-state index in [1.807, 2.05) is 18.2 Å². The van der Waals surface area contributed by atoms with Gasteiger partial charge in [-0.15, -0.1) is 0 Å². The fourth-order valence-corrected chi connectivity index (χ4v) is 3.16. The maximum atomic E-state index is 12.4. The van der Waals surface area contributed by atoms with Crippen LogP contribution >= 0.6 is 15.9 Å². The van der Waals surface area contributed by atoms with Crippen LogP contribution in [0.5, 0.6) is 11.5 Å². The monoisotopic (exact) mass is 468 g/mol. The Morgan fingerprint density at radius 1 is 0.867 bits per heavy atom. The molecular formula is C24H21BrO5. The first-order chi connectivity index (χ1) is 14.6. The van der Waals surface area contributed by atoms with E-state index in [4.69, 9.17) is 14.2 Å². The Hall–Kier alpha value is -3.12. The second kappa shape index (κ2) is 10.6. The van der Waals surface area contributed by atoms with Gasteiger partial charge in [-0.3, -0.25) is 0 Å². The number of hydrogen-bond donors (Lipinski definition) is 0. The normalized spacial score (nSPS) is 10.3. The molecular weight excluding hydrogens is 448 g/mol. The van der Waals surface area contributed by atoms with Crippen molar-refractivity contribution in [1.29, 1.82) is 0 Å². The molecule has 3 rings (SSSR count). The molecule has 0 heterocycles. The number of halogens is 1. The van der Waals surface area contributed by atoms with Crippen molar-refractivity contribution in [2.45, 2.75) is 13.3 Å². The van der Waals surface area contributed by atoms with Gasteiger partial charge in [0.15, 0.2) is 0 Å². The van der Waals surface area contributed by atoms with Crippen molar-refractivity contribution in [1.82, 2.24) is 0 Å². The third-order valence-electron chi connectivity index (χ3n) is 4.24. The van der Waals surface area contributed by atoms with Gasteiger partial charge in [0.05, 0.1) is 28.8 Å². The molecule has 0 radical (unpaired) electrons. The number of carbonyl (C=O) groups is 2. The summed E-state index contributed by atoms with van der Waals surface area (Å²) in [6, 6.07) is 21.5. The van der Waals surface area contributed by atoms with Crippen molar-refractivity contribution in [2.75, 3.05) is 13.2 Å². The van der Waals surface area contributed by atoms with Crippen molar-refractivity contribution >= 4 is 27.9 Å². The standard InChI is InChI=1S/C24H21BrO5/c1-2-28-23(26)19-10-13-22(21(25)16-19)30-24(27)18-8-11-20(12-9-18)29-15-14-17-6-4-3-5-7-17/h3-13,16H,2,14-15H2,1H3. The van der Waals surface area contributed by atoms with Gasteiger partial charge in [-0.1, -0.05) is 30.3 Å². The van der Waals surface area contributed by atoms with Crippen LogP contribution in [0.1, 0.15) is 33.2 Å². The molecule has 0 aliphatic carbocycles. The molecule has 0 aliphatic heterocycles. The minimum atomic E-state index is -0.504. The summed E-state index contributed by atoms with van der Waals surface area (Å²) in [4.78, 5) is 24.2. The molecule has 6 heteroatoms. The average Bonchev–Trinajstić information content (AvgIpc) is 2.76. The van der Waals surface area contributed by atoms with Crippen molar-refractivity contribution in [3.63, 3.8) is 0 Å². The Morgan fingerprint density at radius 2 is 1.57 bits per heavy atom. The number of esters is 2. The molecule has 0 saturated heterocycles. The summed E-state index contributed by atoms with van der Waals surface area (Å²) in [5.41, 5.74) is 1.98. The Labute approximate surface area is 183 Å². The molecule has 30 heavy (non-hydrogen) atoms. The molecule has 3 aromatic carbocycles. The largest absolute Gasteiger partial charge is 0.493 e. The summed E-state index contributed by atoms with van der Waals surface area (Å²) in [5, 5.41) is 0. The van der Waals surface area contributed by atoms with E-state index in [1.54, 1.807) is 49.4 Å². The topological polar surface area (TPSA) is 61.8 Å². The van der Waals surface area contributed by atoms with Gasteiger partial charge in [-0.2, -0.15) is 0 Å². The lowest BCUT2D eigenvalue weighted by atomic mass is 10.2. The third kappa shape index (κ3) is 5.94. The number of carbonyl (C=O) groups excluding carboxylic acids is 2. The van der Waals surface area contributed by atoms with Crippen LogP contribution in [0.25, 0.3) is 0 Å². The molecule has 0 atom stereocenters. The van der Waals surface area contributed by atoms with E-state index in [2.05, 4.69) is 28.1 Å². The van der Waals surface area contributed by atoms with Gasteiger partial charge in [0.1, 0.15) is 11.5 Å². The molecule has 0 bridgehead atoms. The van der Waals surface area contributed by atoms with Crippen LogP contribution in [0.2, 0.25) is 0 Å². The van der Waals surface area contributed by atoms with Gasteiger partial charge in [0.2, 0.25) is 0 Å². The van der Waals surface area contributed by atoms with E-state index in [1.165, 1.54) is 5.56 Å². The molecule has 154 valence electrons. The van der Waals surface area contributed by atoms with E-state index in [0.29, 0.717) is 40.3 Å². The lowest BCUT2D eigenvalue weighted by Gasteiger charge is -2.09. The number of rotatable bonds is 8. The molecule has 0 aliphatic rings. The van der Waals surface area contributed by atoms with Gasteiger partial charge < -0.3 is 14.2 Å². The summed E-state index contributed by atoms with van der Waals surface area (Å²) in [5.74, 6) is 0.0630. The van der Waals surface area contributed by atoms with Crippen LogP contribution in [0.4, 0.5) is 0 Å². The van der Waals surface area contributed by atoms with Gasteiger partial charge in [-0.05, 0) is 70.9 Å². The molecule has 0 amide bonds. The maximum absolute atomic E-state index is 12.4. The van der Waals surface area contributed by atoms with Crippen LogP contribution in [-0.2, 0) is 11.2 Å². The first-order valence-corrected chi connectivity index (χ1v) is 10.3. The van der Waals surface area contributed by atoms with Crippen LogP contribution < -0.4 is 9.47 Å².